The van der Waals surface area contributed by atoms with Crippen molar-refractivity contribution in [3.8, 4) is 0 Å². The Balaban J connectivity index is 0.000000440. The van der Waals surface area contributed by atoms with Gasteiger partial charge in [-0.05, 0) is 12.8 Å². The lowest BCUT2D eigenvalue weighted by atomic mass is 10.0. The molecule has 0 aliphatic carbocycles. The number of rotatable bonds is 29. The molecule has 0 aromatic carbocycles. The number of H-pyrrole nitrogens is 1. The third kappa shape index (κ3) is 24.1. The summed E-state index contributed by atoms with van der Waals surface area (Å²) in [6, 6.07) is 0. The molecule has 6 heteroatoms. The monoisotopic (exact) mass is 613 g/mol. The zero-order valence-electron chi connectivity index (χ0n) is 28.8. The van der Waals surface area contributed by atoms with Crippen molar-refractivity contribution in [1.82, 2.24) is 19.5 Å². The molecule has 2 aromatic heterocycles. The summed E-state index contributed by atoms with van der Waals surface area (Å²) in [5.74, 6) is 0.826. The van der Waals surface area contributed by atoms with Gasteiger partial charge in [-0.25, -0.2) is 9.97 Å². The molecule has 2 aromatic rings. The summed E-state index contributed by atoms with van der Waals surface area (Å²) in [4.78, 5) is 34.2. The van der Waals surface area contributed by atoms with Crippen molar-refractivity contribution in [2.45, 2.75) is 194 Å². The summed E-state index contributed by atoms with van der Waals surface area (Å²) < 4.78 is 1.58. The predicted molar refractivity (Wildman–Crippen MR) is 186 cm³/mol. The number of nitrogens with zero attached hydrogens (tertiary/aromatic N) is 3. The number of carbonyl (C=O) groups excluding carboxylic acids is 2. The number of unbranched alkanes of at least 4 members (excludes halogenated alkanes) is 24. The Bertz CT molecular complexity index is 791. The number of imidazole rings is 2. The van der Waals surface area contributed by atoms with E-state index in [0.29, 0.717) is 18.7 Å². The topological polar surface area (TPSA) is 80.6 Å². The number of aromatic amines is 1. The van der Waals surface area contributed by atoms with Crippen molar-refractivity contribution in [1.29, 1.82) is 0 Å². The maximum absolute atomic E-state index is 11.7. The van der Waals surface area contributed by atoms with Crippen molar-refractivity contribution in [2.24, 2.45) is 0 Å². The average Bonchev–Trinajstić information content (AvgIpc) is 3.78. The van der Waals surface area contributed by atoms with E-state index >= 15 is 0 Å². The van der Waals surface area contributed by atoms with Gasteiger partial charge >= 0.3 is 0 Å². The van der Waals surface area contributed by atoms with Gasteiger partial charge in [0.05, 0.1) is 0 Å². The van der Waals surface area contributed by atoms with Gasteiger partial charge in [-0.3, -0.25) is 14.2 Å². The van der Waals surface area contributed by atoms with Gasteiger partial charge in [0.1, 0.15) is 6.33 Å². The largest absolute Gasteiger partial charge is 0.342 e. The van der Waals surface area contributed by atoms with Gasteiger partial charge in [-0.1, -0.05) is 168 Å². The molecule has 2 rings (SSSR count). The number of hydrogen-bond donors (Lipinski definition) is 1. The second-order valence-corrected chi connectivity index (χ2v) is 12.7. The van der Waals surface area contributed by atoms with E-state index in [2.05, 4.69) is 28.8 Å². The highest BCUT2D eigenvalue weighted by Gasteiger charge is 2.07. The van der Waals surface area contributed by atoms with Crippen LogP contribution >= 0.6 is 0 Å². The van der Waals surface area contributed by atoms with Gasteiger partial charge in [-0.15, -0.1) is 0 Å². The summed E-state index contributed by atoms with van der Waals surface area (Å²) in [5.41, 5.74) is 0. The van der Waals surface area contributed by atoms with Crippen LogP contribution in [0.15, 0.2) is 31.1 Å². The van der Waals surface area contributed by atoms with E-state index in [1.165, 1.54) is 154 Å². The quantitative estimate of drug-likeness (QED) is 0.0732. The molecule has 1 N–H and O–H groups in total. The van der Waals surface area contributed by atoms with Crippen molar-refractivity contribution in [3.63, 3.8) is 0 Å². The minimum atomic E-state index is 0.146. The Hall–Kier alpha value is -2.24. The van der Waals surface area contributed by atoms with Crippen molar-refractivity contribution >= 4 is 11.7 Å². The Labute approximate surface area is 271 Å². The Kier molecular flexibility index (Phi) is 27.8. The predicted octanol–water partition coefficient (Wildman–Crippen LogP) is 12.1. The molecule has 0 spiro atoms. The molecule has 0 radical (unpaired) electrons. The molecule has 6 nitrogen and oxygen atoms in total. The lowest BCUT2D eigenvalue weighted by molar-refractivity contribution is 0.0898. The molecule has 2 heterocycles. The summed E-state index contributed by atoms with van der Waals surface area (Å²) >= 11 is 0. The van der Waals surface area contributed by atoms with Crippen LogP contribution in [0.3, 0.4) is 0 Å². The van der Waals surface area contributed by atoms with Crippen LogP contribution in [0.4, 0.5) is 0 Å². The molecule has 0 saturated heterocycles. The number of ketones is 1. The average molecular weight is 613 g/mol. The van der Waals surface area contributed by atoms with Crippen LogP contribution in [-0.4, -0.2) is 31.2 Å². The summed E-state index contributed by atoms with van der Waals surface area (Å²) in [6.45, 7) is 4.54. The molecular formula is C38H68N4O2. The van der Waals surface area contributed by atoms with E-state index in [1.54, 1.807) is 35.7 Å². The fraction of sp³-hybridized carbons (Fsp3) is 0.789. The van der Waals surface area contributed by atoms with Gasteiger partial charge < -0.3 is 4.98 Å². The molecule has 0 fully saturated rings. The van der Waals surface area contributed by atoms with E-state index in [0.717, 1.165) is 12.8 Å². The molecule has 0 amide bonds. The molecule has 0 bridgehead atoms. The van der Waals surface area contributed by atoms with E-state index in [9.17, 15) is 9.59 Å². The van der Waals surface area contributed by atoms with Crippen LogP contribution < -0.4 is 0 Å². The molecule has 0 unspecified atom stereocenters. The van der Waals surface area contributed by atoms with Crippen LogP contribution in [-0.2, 0) is 0 Å². The Morgan fingerprint density at radius 2 is 0.977 bits per heavy atom. The highest BCUT2D eigenvalue weighted by molar-refractivity contribution is 5.92. The minimum Gasteiger partial charge on any atom is -0.342 e. The maximum atomic E-state index is 11.7. The lowest BCUT2D eigenvalue weighted by Gasteiger charge is -2.03. The fourth-order valence-corrected chi connectivity index (χ4v) is 5.67. The standard InChI is InChI=1S/2C19H34N2O/c1-2-3-4-5-6-7-8-9-10-11-12-13-14-15-19(22)21-17-16-20-18-21;1-2-3-4-5-6-7-8-9-10-11-12-13-14-15-18(22)19-20-16-17-21-19/h16-18H,2-15H2,1H3;16-17H,2-15H2,1H3,(H,20,21). The first kappa shape index (κ1) is 39.8. The number of hydrogen-bond acceptors (Lipinski definition) is 4. The van der Waals surface area contributed by atoms with Crippen molar-refractivity contribution < 1.29 is 9.59 Å². The van der Waals surface area contributed by atoms with E-state index in [-0.39, 0.29) is 11.7 Å². The van der Waals surface area contributed by atoms with Crippen LogP contribution in [0, 0.1) is 0 Å². The van der Waals surface area contributed by atoms with Crippen LogP contribution in [0.25, 0.3) is 0 Å². The normalized spacial score (nSPS) is 11.0. The SMILES string of the molecule is CCCCCCCCCCCCCCCC(=O)c1ncc[nH]1.CCCCCCCCCCCCCCCC(=O)n1ccnc1. The highest BCUT2D eigenvalue weighted by atomic mass is 16.2. The first-order chi connectivity index (χ1) is 21.7. The van der Waals surface area contributed by atoms with Gasteiger partial charge in [-0.2, -0.15) is 0 Å². The molecular weight excluding hydrogens is 544 g/mol. The van der Waals surface area contributed by atoms with Crippen molar-refractivity contribution in [2.75, 3.05) is 0 Å². The fourth-order valence-electron chi connectivity index (χ4n) is 5.67. The smallest absolute Gasteiger partial charge is 0.231 e. The first-order valence-corrected chi connectivity index (χ1v) is 18.7. The highest BCUT2D eigenvalue weighted by Crippen LogP contribution is 2.15. The van der Waals surface area contributed by atoms with E-state index in [1.807, 2.05) is 0 Å². The summed E-state index contributed by atoms with van der Waals surface area (Å²) in [7, 11) is 0. The van der Waals surface area contributed by atoms with Crippen molar-refractivity contribution in [3.05, 3.63) is 36.9 Å². The number of nitrogens with one attached hydrogen (secondary N) is 1. The second kappa shape index (κ2) is 30.8. The minimum absolute atomic E-state index is 0.146. The molecule has 252 valence electrons. The second-order valence-electron chi connectivity index (χ2n) is 12.7. The third-order valence-electron chi connectivity index (χ3n) is 8.56. The van der Waals surface area contributed by atoms with Gasteiger partial charge in [0, 0.05) is 37.6 Å². The molecule has 0 atom stereocenters. The maximum Gasteiger partial charge on any atom is 0.231 e. The molecule has 0 aliphatic rings. The van der Waals surface area contributed by atoms with Gasteiger partial charge in [0.15, 0.2) is 11.6 Å². The number of carbonyl (C=O) groups is 2. The molecule has 44 heavy (non-hydrogen) atoms. The summed E-state index contributed by atoms with van der Waals surface area (Å²) in [6.07, 6.45) is 44.3. The van der Waals surface area contributed by atoms with Crippen LogP contribution in [0.5, 0.6) is 0 Å². The van der Waals surface area contributed by atoms with Crippen LogP contribution in [0.2, 0.25) is 0 Å². The molecule has 0 saturated carbocycles. The zero-order chi connectivity index (χ0) is 31.8. The number of aromatic nitrogens is 4. The van der Waals surface area contributed by atoms with E-state index in [4.69, 9.17) is 0 Å². The summed E-state index contributed by atoms with van der Waals surface area (Å²) in [5, 5.41) is 0. The first-order valence-electron chi connectivity index (χ1n) is 18.7. The van der Waals surface area contributed by atoms with Gasteiger partial charge in [0.25, 0.3) is 0 Å². The molecule has 0 aliphatic heterocycles. The van der Waals surface area contributed by atoms with Gasteiger partial charge in [0.2, 0.25) is 5.91 Å². The Morgan fingerprint density at radius 3 is 1.34 bits per heavy atom. The lowest BCUT2D eigenvalue weighted by Crippen LogP contribution is -2.07. The number of Topliss-reactive ketones (excluding diaryl/α,β-unsaturated/α-hetero) is 1. The Morgan fingerprint density at radius 1 is 0.568 bits per heavy atom. The zero-order valence-corrected chi connectivity index (χ0v) is 28.8. The van der Waals surface area contributed by atoms with Crippen LogP contribution in [0.1, 0.15) is 209 Å². The third-order valence-corrected chi connectivity index (χ3v) is 8.56. The van der Waals surface area contributed by atoms with E-state index < -0.39 is 0 Å².